The van der Waals surface area contributed by atoms with Crippen molar-refractivity contribution in [1.29, 1.82) is 0 Å². The van der Waals surface area contributed by atoms with E-state index in [1.807, 2.05) is 31.5 Å². The average Bonchev–Trinajstić information content (AvgIpc) is 3.07. The van der Waals surface area contributed by atoms with Gasteiger partial charge in [0.1, 0.15) is 0 Å². The number of hydrogen-bond donors (Lipinski definition) is 1. The molecule has 2 aromatic heterocycles. The van der Waals surface area contributed by atoms with Gasteiger partial charge in [-0.1, -0.05) is 11.2 Å². The van der Waals surface area contributed by atoms with Crippen molar-refractivity contribution in [3.8, 4) is 10.7 Å². The number of rotatable bonds is 7. The average molecular weight is 281 g/mol. The molecule has 0 aliphatic carbocycles. The Hall–Kier alpha value is -1.24. The van der Waals surface area contributed by atoms with Gasteiger partial charge in [-0.3, -0.25) is 0 Å². The molecular formula is C13H19N3O2S. The molecule has 0 saturated carbocycles. The molecule has 1 unspecified atom stereocenters. The van der Waals surface area contributed by atoms with Crippen LogP contribution >= 0.6 is 11.3 Å². The van der Waals surface area contributed by atoms with Crippen molar-refractivity contribution < 1.29 is 9.63 Å². The molecule has 0 fully saturated rings. The van der Waals surface area contributed by atoms with Crippen LogP contribution in [0.1, 0.15) is 19.2 Å². The van der Waals surface area contributed by atoms with E-state index in [4.69, 9.17) is 9.63 Å². The molecule has 0 amide bonds. The Morgan fingerprint density at radius 2 is 2.37 bits per heavy atom. The SMILES string of the molecule is CC(CO)N(C)CCCc1nc(-c2cccs2)no1. The zero-order valence-electron chi connectivity index (χ0n) is 11.2. The predicted octanol–water partition coefficient (Wildman–Crippen LogP) is 2.04. The molecule has 0 saturated heterocycles. The summed E-state index contributed by atoms with van der Waals surface area (Å²) >= 11 is 1.60. The number of aliphatic hydroxyl groups is 1. The molecule has 2 heterocycles. The van der Waals surface area contributed by atoms with Crippen LogP contribution in [0.15, 0.2) is 22.0 Å². The second kappa shape index (κ2) is 6.79. The van der Waals surface area contributed by atoms with Gasteiger partial charge in [0.15, 0.2) is 0 Å². The molecule has 2 aromatic rings. The summed E-state index contributed by atoms with van der Waals surface area (Å²) in [6.45, 7) is 3.08. The van der Waals surface area contributed by atoms with E-state index in [1.54, 1.807) is 11.3 Å². The summed E-state index contributed by atoms with van der Waals surface area (Å²) in [7, 11) is 2.01. The molecule has 1 atom stereocenters. The van der Waals surface area contributed by atoms with Gasteiger partial charge in [0.2, 0.25) is 11.7 Å². The Morgan fingerprint density at radius 3 is 3.05 bits per heavy atom. The van der Waals surface area contributed by atoms with Crippen molar-refractivity contribution in [2.24, 2.45) is 0 Å². The first-order valence-electron chi connectivity index (χ1n) is 6.38. The summed E-state index contributed by atoms with van der Waals surface area (Å²) < 4.78 is 5.23. The Morgan fingerprint density at radius 1 is 1.53 bits per heavy atom. The third kappa shape index (κ3) is 3.86. The molecular weight excluding hydrogens is 262 g/mol. The van der Waals surface area contributed by atoms with E-state index in [9.17, 15) is 0 Å². The first-order chi connectivity index (χ1) is 9.20. The van der Waals surface area contributed by atoms with Crippen molar-refractivity contribution in [1.82, 2.24) is 15.0 Å². The summed E-state index contributed by atoms with van der Waals surface area (Å²) in [4.78, 5) is 7.53. The van der Waals surface area contributed by atoms with Crippen LogP contribution in [0.5, 0.6) is 0 Å². The van der Waals surface area contributed by atoms with Crippen molar-refractivity contribution in [2.75, 3.05) is 20.2 Å². The maximum atomic E-state index is 9.05. The van der Waals surface area contributed by atoms with Gasteiger partial charge < -0.3 is 14.5 Å². The summed E-state index contributed by atoms with van der Waals surface area (Å²) in [5.74, 6) is 1.34. The largest absolute Gasteiger partial charge is 0.395 e. The number of aromatic nitrogens is 2. The smallest absolute Gasteiger partial charge is 0.227 e. The summed E-state index contributed by atoms with van der Waals surface area (Å²) in [5, 5.41) is 15.0. The van der Waals surface area contributed by atoms with E-state index >= 15 is 0 Å². The Labute approximate surface area is 116 Å². The second-order valence-corrected chi connectivity index (χ2v) is 5.55. The molecule has 0 aliphatic rings. The van der Waals surface area contributed by atoms with Crippen molar-refractivity contribution >= 4 is 11.3 Å². The fourth-order valence-corrected chi connectivity index (χ4v) is 2.35. The molecule has 1 N–H and O–H groups in total. The maximum Gasteiger partial charge on any atom is 0.227 e. The molecule has 19 heavy (non-hydrogen) atoms. The fourth-order valence-electron chi connectivity index (χ4n) is 1.70. The Bertz CT molecular complexity index is 484. The Kier molecular flexibility index (Phi) is 5.07. The van der Waals surface area contributed by atoms with Crippen LogP contribution in [0.4, 0.5) is 0 Å². The number of hydrogen-bond acceptors (Lipinski definition) is 6. The zero-order valence-corrected chi connectivity index (χ0v) is 12.1. The number of aryl methyl sites for hydroxylation is 1. The van der Waals surface area contributed by atoms with Crippen LogP contribution < -0.4 is 0 Å². The molecule has 0 aromatic carbocycles. The van der Waals surface area contributed by atoms with Gasteiger partial charge in [-0.05, 0) is 38.4 Å². The number of nitrogens with zero attached hydrogens (tertiary/aromatic N) is 3. The normalized spacial score (nSPS) is 13.1. The topological polar surface area (TPSA) is 62.4 Å². The highest BCUT2D eigenvalue weighted by Crippen LogP contribution is 2.21. The minimum Gasteiger partial charge on any atom is -0.395 e. The zero-order chi connectivity index (χ0) is 13.7. The van der Waals surface area contributed by atoms with Gasteiger partial charge in [-0.2, -0.15) is 4.98 Å². The first-order valence-corrected chi connectivity index (χ1v) is 7.26. The predicted molar refractivity (Wildman–Crippen MR) is 75.1 cm³/mol. The lowest BCUT2D eigenvalue weighted by Crippen LogP contribution is -2.32. The van der Waals surface area contributed by atoms with Gasteiger partial charge in [0.25, 0.3) is 0 Å². The highest BCUT2D eigenvalue weighted by molar-refractivity contribution is 7.13. The quantitative estimate of drug-likeness (QED) is 0.841. The third-order valence-corrected chi connectivity index (χ3v) is 3.99. The van der Waals surface area contributed by atoms with Crippen molar-refractivity contribution in [3.63, 3.8) is 0 Å². The van der Waals surface area contributed by atoms with Gasteiger partial charge >= 0.3 is 0 Å². The highest BCUT2D eigenvalue weighted by Gasteiger charge is 2.11. The van der Waals surface area contributed by atoms with Crippen LogP contribution in [-0.2, 0) is 6.42 Å². The molecule has 0 bridgehead atoms. The second-order valence-electron chi connectivity index (χ2n) is 4.60. The van der Waals surface area contributed by atoms with Gasteiger partial charge in [0.05, 0.1) is 11.5 Å². The lowest BCUT2D eigenvalue weighted by Gasteiger charge is -2.22. The van der Waals surface area contributed by atoms with Crippen LogP contribution in [-0.4, -0.2) is 46.4 Å². The standard InChI is InChI=1S/C13H19N3O2S/c1-10(9-17)16(2)7-3-6-12-14-13(15-18-12)11-5-4-8-19-11/h4-5,8,10,17H,3,6-7,9H2,1-2H3. The van der Waals surface area contributed by atoms with Crippen LogP contribution in [0.3, 0.4) is 0 Å². The van der Waals surface area contributed by atoms with E-state index < -0.39 is 0 Å². The van der Waals surface area contributed by atoms with E-state index in [0.717, 1.165) is 24.3 Å². The molecule has 0 spiro atoms. The van der Waals surface area contributed by atoms with Crippen LogP contribution in [0.2, 0.25) is 0 Å². The summed E-state index contributed by atoms with van der Waals surface area (Å²) in [6.07, 6.45) is 1.70. The first kappa shape index (κ1) is 14.2. The molecule has 0 radical (unpaired) electrons. The Balaban J connectivity index is 1.81. The minimum absolute atomic E-state index is 0.180. The molecule has 6 heteroatoms. The van der Waals surface area contributed by atoms with E-state index in [1.165, 1.54) is 0 Å². The van der Waals surface area contributed by atoms with Gasteiger partial charge in [-0.15, -0.1) is 11.3 Å². The molecule has 5 nitrogen and oxygen atoms in total. The molecule has 2 rings (SSSR count). The summed E-state index contributed by atoms with van der Waals surface area (Å²) in [5.41, 5.74) is 0. The maximum absolute atomic E-state index is 9.05. The van der Waals surface area contributed by atoms with Crippen molar-refractivity contribution in [3.05, 3.63) is 23.4 Å². The lowest BCUT2D eigenvalue weighted by molar-refractivity contribution is 0.157. The third-order valence-electron chi connectivity index (χ3n) is 3.13. The monoisotopic (exact) mass is 281 g/mol. The number of aliphatic hydroxyl groups excluding tert-OH is 1. The summed E-state index contributed by atoms with van der Waals surface area (Å²) in [6, 6.07) is 4.14. The van der Waals surface area contributed by atoms with E-state index in [-0.39, 0.29) is 12.6 Å². The molecule has 104 valence electrons. The fraction of sp³-hybridized carbons (Fsp3) is 0.538. The van der Waals surface area contributed by atoms with Gasteiger partial charge in [-0.25, -0.2) is 0 Å². The van der Waals surface area contributed by atoms with E-state index in [0.29, 0.717) is 11.7 Å². The molecule has 0 aliphatic heterocycles. The number of likely N-dealkylation sites (N-methyl/N-ethyl adjacent to an activating group) is 1. The van der Waals surface area contributed by atoms with Crippen molar-refractivity contribution in [2.45, 2.75) is 25.8 Å². The van der Waals surface area contributed by atoms with Gasteiger partial charge in [0, 0.05) is 12.5 Å². The minimum atomic E-state index is 0.180. The van der Waals surface area contributed by atoms with E-state index in [2.05, 4.69) is 15.0 Å². The number of thiophene rings is 1. The van der Waals surface area contributed by atoms with Crippen LogP contribution in [0, 0.1) is 0 Å². The lowest BCUT2D eigenvalue weighted by atomic mass is 10.2. The highest BCUT2D eigenvalue weighted by atomic mass is 32.1. The van der Waals surface area contributed by atoms with Crippen LogP contribution in [0.25, 0.3) is 10.7 Å².